The number of carbonyl (C=O) groups excluding carboxylic acids is 1. The van der Waals surface area contributed by atoms with Gasteiger partial charge in [0, 0.05) is 36.8 Å². The maximum Gasteiger partial charge on any atom is 0.261 e. The maximum atomic E-state index is 13.2. The van der Waals surface area contributed by atoms with E-state index < -0.39 is 20.0 Å². The molecule has 8 nitrogen and oxygen atoms in total. The summed E-state index contributed by atoms with van der Waals surface area (Å²) in [7, 11) is -7.64. The lowest BCUT2D eigenvalue weighted by atomic mass is 9.98. The zero-order valence-corrected chi connectivity index (χ0v) is 23.0. The van der Waals surface area contributed by atoms with Crippen molar-refractivity contribution in [3.63, 3.8) is 0 Å². The molecule has 1 amide bonds. The van der Waals surface area contributed by atoms with Gasteiger partial charge in [0.1, 0.15) is 0 Å². The Hall–Kier alpha value is -2.08. The van der Waals surface area contributed by atoms with Crippen molar-refractivity contribution in [3.8, 4) is 0 Å². The Morgan fingerprint density at radius 3 is 2.11 bits per heavy atom. The highest BCUT2D eigenvalue weighted by atomic mass is 32.2. The summed E-state index contributed by atoms with van der Waals surface area (Å²) >= 11 is 1.40. The molecule has 2 aromatic rings. The average molecular weight is 540 g/mol. The van der Waals surface area contributed by atoms with E-state index >= 15 is 0 Å². The van der Waals surface area contributed by atoms with Crippen LogP contribution in [0.1, 0.15) is 44.0 Å². The number of nitrogens with zero attached hydrogens (tertiary/aromatic N) is 2. The van der Waals surface area contributed by atoms with Crippen LogP contribution in [0.4, 0.5) is 5.69 Å². The molecule has 0 spiro atoms. The molecule has 1 heterocycles. The number of carbonyl (C=O) groups is 1. The van der Waals surface area contributed by atoms with E-state index in [9.17, 15) is 21.6 Å². The number of nitrogens with one attached hydrogen (secondary N) is 1. The number of piperidine rings is 1. The van der Waals surface area contributed by atoms with Gasteiger partial charge in [-0.1, -0.05) is 20.8 Å². The normalized spacial score (nSPS) is 15.4. The van der Waals surface area contributed by atoms with Gasteiger partial charge in [0.25, 0.3) is 15.9 Å². The first kappa shape index (κ1) is 27.5. The molecule has 0 saturated carbocycles. The molecule has 1 aliphatic heterocycles. The molecule has 0 aromatic heterocycles. The van der Waals surface area contributed by atoms with Gasteiger partial charge in [0.05, 0.1) is 15.4 Å². The largest absolute Gasteiger partial charge is 0.339 e. The lowest BCUT2D eigenvalue weighted by Gasteiger charge is -2.30. The second-order valence-corrected chi connectivity index (χ2v) is 13.0. The van der Waals surface area contributed by atoms with Gasteiger partial charge in [-0.05, 0) is 67.5 Å². The number of likely N-dealkylation sites (tertiary alicyclic amines) is 1. The Balaban J connectivity index is 1.85. The van der Waals surface area contributed by atoms with Crippen molar-refractivity contribution in [1.82, 2.24) is 9.21 Å². The van der Waals surface area contributed by atoms with Crippen LogP contribution in [0.25, 0.3) is 0 Å². The lowest BCUT2D eigenvalue weighted by Crippen LogP contribution is -2.38. The Bertz CT molecular complexity index is 1250. The van der Waals surface area contributed by atoms with E-state index in [4.69, 9.17) is 0 Å². The minimum absolute atomic E-state index is 0.0242. The van der Waals surface area contributed by atoms with Crippen LogP contribution in [0.15, 0.2) is 57.2 Å². The van der Waals surface area contributed by atoms with Crippen LogP contribution in [-0.4, -0.2) is 64.4 Å². The Morgan fingerprint density at radius 1 is 1.00 bits per heavy atom. The summed E-state index contributed by atoms with van der Waals surface area (Å²) in [6, 6.07) is 10.2. The Morgan fingerprint density at radius 2 is 1.57 bits per heavy atom. The van der Waals surface area contributed by atoms with E-state index in [0.717, 1.165) is 17.7 Å². The van der Waals surface area contributed by atoms with E-state index in [1.165, 1.54) is 52.5 Å². The van der Waals surface area contributed by atoms with Crippen molar-refractivity contribution in [3.05, 3.63) is 48.0 Å². The fourth-order valence-electron chi connectivity index (χ4n) is 4.03. The lowest BCUT2D eigenvalue weighted by molar-refractivity contribution is 0.0693. The molecule has 2 aromatic carbocycles. The van der Waals surface area contributed by atoms with Gasteiger partial charge in [0.2, 0.25) is 10.0 Å². The van der Waals surface area contributed by atoms with Gasteiger partial charge in [-0.25, -0.2) is 16.8 Å². The SMILES string of the molecule is CCN(CC)S(=O)(=O)c1ccc(NS(=O)(=O)c2ccc(SC)c(C(=O)N3CCC(C)CC3)c2)cc1. The summed E-state index contributed by atoms with van der Waals surface area (Å²) in [6.07, 6.45) is 3.71. The molecule has 35 heavy (non-hydrogen) atoms. The third-order valence-corrected chi connectivity index (χ3v) is 10.5. The molecule has 192 valence electrons. The summed E-state index contributed by atoms with van der Waals surface area (Å²) in [5.74, 6) is 0.410. The number of sulfonamides is 2. The molecule has 1 fully saturated rings. The number of hydrogen-bond donors (Lipinski definition) is 1. The fourth-order valence-corrected chi connectivity index (χ4v) is 7.14. The minimum Gasteiger partial charge on any atom is -0.339 e. The number of anilines is 1. The number of thioether (sulfide) groups is 1. The van der Waals surface area contributed by atoms with Gasteiger partial charge in [-0.3, -0.25) is 9.52 Å². The van der Waals surface area contributed by atoms with E-state index in [1.807, 2.05) is 6.26 Å². The zero-order valence-electron chi connectivity index (χ0n) is 20.5. The standard InChI is InChI=1S/C24H33N3O5S3/c1-5-27(6-2)35(31,32)20-9-7-19(8-10-20)25-34(29,30)21-11-12-23(33-4)22(17-21)24(28)26-15-13-18(3)14-16-26/h7-12,17-18,25H,5-6,13-16H2,1-4H3. The van der Waals surface area contributed by atoms with Crippen molar-refractivity contribution in [2.24, 2.45) is 5.92 Å². The summed E-state index contributed by atoms with van der Waals surface area (Å²) in [5.41, 5.74) is 0.603. The minimum atomic E-state index is -4.00. The second kappa shape index (κ2) is 11.3. The quantitative estimate of drug-likeness (QED) is 0.481. The molecular formula is C24H33N3O5S3. The maximum absolute atomic E-state index is 13.2. The highest BCUT2D eigenvalue weighted by Gasteiger charge is 2.26. The third kappa shape index (κ3) is 6.19. The number of hydrogen-bond acceptors (Lipinski definition) is 6. The highest BCUT2D eigenvalue weighted by molar-refractivity contribution is 7.98. The van der Waals surface area contributed by atoms with Crippen LogP contribution in [-0.2, 0) is 20.0 Å². The van der Waals surface area contributed by atoms with Gasteiger partial charge in [-0.2, -0.15) is 4.31 Å². The Kier molecular flexibility index (Phi) is 8.90. The first-order valence-electron chi connectivity index (χ1n) is 11.6. The van der Waals surface area contributed by atoms with Crippen LogP contribution >= 0.6 is 11.8 Å². The summed E-state index contributed by atoms with van der Waals surface area (Å²) in [5, 5.41) is 0. The Labute approximate surface area is 213 Å². The van der Waals surface area contributed by atoms with E-state index in [-0.39, 0.29) is 21.4 Å². The molecule has 0 aliphatic carbocycles. The van der Waals surface area contributed by atoms with Gasteiger partial charge in [0.15, 0.2) is 0 Å². The fraction of sp³-hybridized carbons (Fsp3) is 0.458. The third-order valence-electron chi connectivity index (χ3n) is 6.23. The number of amides is 1. The van der Waals surface area contributed by atoms with Gasteiger partial charge < -0.3 is 4.90 Å². The molecule has 0 unspecified atom stereocenters. The molecule has 3 rings (SSSR count). The van der Waals surface area contributed by atoms with E-state index in [2.05, 4.69) is 11.6 Å². The zero-order chi connectivity index (χ0) is 25.8. The van der Waals surface area contributed by atoms with Crippen molar-refractivity contribution in [2.75, 3.05) is 37.2 Å². The smallest absolute Gasteiger partial charge is 0.261 e. The van der Waals surface area contributed by atoms with Crippen LogP contribution < -0.4 is 4.72 Å². The van der Waals surface area contributed by atoms with Crippen molar-refractivity contribution in [1.29, 1.82) is 0 Å². The van der Waals surface area contributed by atoms with Crippen molar-refractivity contribution < 1.29 is 21.6 Å². The second-order valence-electron chi connectivity index (χ2n) is 8.56. The number of benzene rings is 2. The summed E-state index contributed by atoms with van der Waals surface area (Å²) in [6.45, 7) is 7.69. The van der Waals surface area contributed by atoms with Gasteiger partial charge in [-0.15, -0.1) is 11.8 Å². The van der Waals surface area contributed by atoms with E-state index in [0.29, 0.717) is 37.7 Å². The number of rotatable bonds is 9. The molecule has 1 N–H and O–H groups in total. The first-order chi connectivity index (χ1) is 16.5. The average Bonchev–Trinajstić information content (AvgIpc) is 2.84. The van der Waals surface area contributed by atoms with Crippen LogP contribution in [0.5, 0.6) is 0 Å². The van der Waals surface area contributed by atoms with Crippen LogP contribution in [0, 0.1) is 5.92 Å². The molecule has 11 heteroatoms. The molecular weight excluding hydrogens is 506 g/mol. The highest BCUT2D eigenvalue weighted by Crippen LogP contribution is 2.28. The predicted octanol–water partition coefficient (Wildman–Crippen LogP) is 4.11. The molecule has 0 atom stereocenters. The topological polar surface area (TPSA) is 104 Å². The van der Waals surface area contributed by atoms with Crippen LogP contribution in [0.2, 0.25) is 0 Å². The van der Waals surface area contributed by atoms with Gasteiger partial charge >= 0.3 is 0 Å². The monoisotopic (exact) mass is 539 g/mol. The van der Waals surface area contributed by atoms with Crippen molar-refractivity contribution >= 4 is 43.4 Å². The predicted molar refractivity (Wildman–Crippen MR) is 140 cm³/mol. The van der Waals surface area contributed by atoms with E-state index in [1.54, 1.807) is 24.8 Å². The summed E-state index contributed by atoms with van der Waals surface area (Å²) < 4.78 is 55.4. The first-order valence-corrected chi connectivity index (χ1v) is 15.8. The molecule has 1 aliphatic rings. The van der Waals surface area contributed by atoms with Crippen LogP contribution in [0.3, 0.4) is 0 Å². The molecule has 0 radical (unpaired) electrons. The van der Waals surface area contributed by atoms with Crippen molar-refractivity contribution in [2.45, 2.75) is 48.3 Å². The summed E-state index contributed by atoms with van der Waals surface area (Å²) in [4.78, 5) is 15.8. The molecule has 1 saturated heterocycles. The molecule has 0 bridgehead atoms.